The SMILES string of the molecule is COc1ccc(CCSc2ccccc2C(=O)O)cc1. The molecule has 0 spiro atoms. The van der Waals surface area contributed by atoms with Crippen LogP contribution in [0.15, 0.2) is 53.4 Å². The Bertz CT molecular complexity index is 579. The van der Waals surface area contributed by atoms with Gasteiger partial charge in [-0.25, -0.2) is 4.79 Å². The van der Waals surface area contributed by atoms with Crippen LogP contribution in [0.4, 0.5) is 0 Å². The minimum absolute atomic E-state index is 0.368. The number of thioether (sulfide) groups is 1. The second-order valence-electron chi connectivity index (χ2n) is 4.25. The first-order chi connectivity index (χ1) is 9.70. The van der Waals surface area contributed by atoms with Gasteiger partial charge in [-0.2, -0.15) is 0 Å². The normalized spacial score (nSPS) is 10.2. The summed E-state index contributed by atoms with van der Waals surface area (Å²) in [5.41, 5.74) is 1.58. The molecule has 0 radical (unpaired) electrons. The molecule has 2 aromatic carbocycles. The maximum absolute atomic E-state index is 11.1. The number of aryl methyl sites for hydroxylation is 1. The van der Waals surface area contributed by atoms with Crippen molar-refractivity contribution in [2.75, 3.05) is 12.9 Å². The lowest BCUT2D eigenvalue weighted by Crippen LogP contribution is -1.99. The van der Waals surface area contributed by atoms with E-state index < -0.39 is 5.97 Å². The highest BCUT2D eigenvalue weighted by Gasteiger charge is 2.08. The molecule has 0 amide bonds. The second-order valence-corrected chi connectivity index (χ2v) is 5.38. The van der Waals surface area contributed by atoms with E-state index in [0.717, 1.165) is 22.8 Å². The number of hydrogen-bond acceptors (Lipinski definition) is 3. The van der Waals surface area contributed by atoms with Crippen LogP contribution in [0.3, 0.4) is 0 Å². The molecule has 1 N–H and O–H groups in total. The number of aromatic carboxylic acids is 1. The number of rotatable bonds is 6. The summed E-state index contributed by atoms with van der Waals surface area (Å²) < 4.78 is 5.11. The van der Waals surface area contributed by atoms with Crippen LogP contribution in [0, 0.1) is 0 Å². The Hall–Kier alpha value is -1.94. The Balaban J connectivity index is 1.94. The highest BCUT2D eigenvalue weighted by atomic mass is 32.2. The summed E-state index contributed by atoms with van der Waals surface area (Å²) >= 11 is 1.57. The molecule has 0 saturated carbocycles. The molecule has 0 aliphatic rings. The Morgan fingerprint density at radius 2 is 1.85 bits per heavy atom. The van der Waals surface area contributed by atoms with Crippen molar-refractivity contribution >= 4 is 17.7 Å². The predicted molar refractivity (Wildman–Crippen MR) is 80.8 cm³/mol. The molecule has 0 atom stereocenters. The van der Waals surface area contributed by atoms with Crippen LogP contribution < -0.4 is 4.74 Å². The van der Waals surface area contributed by atoms with Crippen molar-refractivity contribution < 1.29 is 14.6 Å². The number of carboxylic acids is 1. The van der Waals surface area contributed by atoms with E-state index in [-0.39, 0.29) is 0 Å². The van der Waals surface area contributed by atoms with Crippen LogP contribution in [0.2, 0.25) is 0 Å². The van der Waals surface area contributed by atoms with Gasteiger partial charge < -0.3 is 9.84 Å². The van der Waals surface area contributed by atoms with E-state index in [1.54, 1.807) is 31.0 Å². The largest absolute Gasteiger partial charge is 0.497 e. The zero-order chi connectivity index (χ0) is 14.4. The topological polar surface area (TPSA) is 46.5 Å². The summed E-state index contributed by atoms with van der Waals surface area (Å²) in [6.45, 7) is 0. The molecule has 20 heavy (non-hydrogen) atoms. The third-order valence-electron chi connectivity index (χ3n) is 2.92. The number of carbonyl (C=O) groups is 1. The van der Waals surface area contributed by atoms with Gasteiger partial charge >= 0.3 is 5.97 Å². The van der Waals surface area contributed by atoms with Gasteiger partial charge in [0.05, 0.1) is 12.7 Å². The molecule has 0 saturated heterocycles. The Morgan fingerprint density at radius 3 is 2.50 bits per heavy atom. The van der Waals surface area contributed by atoms with Crippen LogP contribution in [0.25, 0.3) is 0 Å². The standard InChI is InChI=1S/C16H16O3S/c1-19-13-8-6-12(7-9-13)10-11-20-15-5-3-2-4-14(15)16(17)18/h2-9H,10-11H2,1H3,(H,17,18). The average Bonchev–Trinajstić information content (AvgIpc) is 2.48. The highest BCUT2D eigenvalue weighted by Crippen LogP contribution is 2.24. The molecular formula is C16H16O3S. The van der Waals surface area contributed by atoms with E-state index in [2.05, 4.69) is 0 Å². The lowest BCUT2D eigenvalue weighted by molar-refractivity contribution is 0.0693. The Kier molecular flexibility index (Phi) is 5.07. The van der Waals surface area contributed by atoms with E-state index in [1.165, 1.54) is 5.56 Å². The molecule has 2 aromatic rings. The van der Waals surface area contributed by atoms with E-state index >= 15 is 0 Å². The van der Waals surface area contributed by atoms with Crippen molar-refractivity contribution in [2.24, 2.45) is 0 Å². The van der Waals surface area contributed by atoms with Gasteiger partial charge in [-0.05, 0) is 36.2 Å². The Labute approximate surface area is 122 Å². The summed E-state index contributed by atoms with van der Waals surface area (Å²) in [4.78, 5) is 11.9. The summed E-state index contributed by atoms with van der Waals surface area (Å²) in [5, 5.41) is 9.11. The number of benzene rings is 2. The fourth-order valence-corrected chi connectivity index (χ4v) is 2.88. The molecule has 0 heterocycles. The zero-order valence-corrected chi connectivity index (χ0v) is 12.0. The maximum Gasteiger partial charge on any atom is 0.336 e. The minimum Gasteiger partial charge on any atom is -0.497 e. The first-order valence-corrected chi connectivity index (χ1v) is 7.27. The van der Waals surface area contributed by atoms with Crippen molar-refractivity contribution in [2.45, 2.75) is 11.3 Å². The average molecular weight is 288 g/mol. The van der Waals surface area contributed by atoms with Crippen LogP contribution >= 0.6 is 11.8 Å². The molecule has 0 aliphatic carbocycles. The third kappa shape index (κ3) is 3.78. The van der Waals surface area contributed by atoms with Crippen molar-refractivity contribution in [1.29, 1.82) is 0 Å². The third-order valence-corrected chi connectivity index (χ3v) is 4.00. The second kappa shape index (κ2) is 7.01. The fourth-order valence-electron chi connectivity index (χ4n) is 1.84. The lowest BCUT2D eigenvalue weighted by atomic mass is 10.2. The van der Waals surface area contributed by atoms with E-state index in [4.69, 9.17) is 9.84 Å². The van der Waals surface area contributed by atoms with Gasteiger partial charge in [0.25, 0.3) is 0 Å². The summed E-state index contributed by atoms with van der Waals surface area (Å²) in [5.74, 6) is 0.812. The zero-order valence-electron chi connectivity index (χ0n) is 11.2. The van der Waals surface area contributed by atoms with Gasteiger partial charge in [-0.1, -0.05) is 24.3 Å². The molecule has 4 heteroatoms. The van der Waals surface area contributed by atoms with Gasteiger partial charge in [0, 0.05) is 10.6 Å². The molecule has 0 unspecified atom stereocenters. The molecular weight excluding hydrogens is 272 g/mol. The van der Waals surface area contributed by atoms with Gasteiger partial charge in [-0.3, -0.25) is 0 Å². The van der Waals surface area contributed by atoms with Crippen molar-refractivity contribution in [3.8, 4) is 5.75 Å². The molecule has 2 rings (SSSR count). The maximum atomic E-state index is 11.1. The lowest BCUT2D eigenvalue weighted by Gasteiger charge is -2.06. The quantitative estimate of drug-likeness (QED) is 0.823. The molecule has 104 valence electrons. The first-order valence-electron chi connectivity index (χ1n) is 6.29. The summed E-state index contributed by atoms with van der Waals surface area (Å²) in [6, 6.07) is 15.0. The smallest absolute Gasteiger partial charge is 0.336 e. The van der Waals surface area contributed by atoms with Gasteiger partial charge in [0.15, 0.2) is 0 Å². The van der Waals surface area contributed by atoms with Crippen LogP contribution in [-0.2, 0) is 6.42 Å². The van der Waals surface area contributed by atoms with Crippen LogP contribution in [0.1, 0.15) is 15.9 Å². The number of methoxy groups -OCH3 is 1. The minimum atomic E-state index is -0.877. The fraction of sp³-hybridized carbons (Fsp3) is 0.188. The molecule has 0 aliphatic heterocycles. The monoisotopic (exact) mass is 288 g/mol. The first kappa shape index (κ1) is 14.5. The van der Waals surface area contributed by atoms with Crippen LogP contribution in [-0.4, -0.2) is 23.9 Å². The summed E-state index contributed by atoms with van der Waals surface area (Å²) in [6.07, 6.45) is 0.891. The van der Waals surface area contributed by atoms with E-state index in [0.29, 0.717) is 5.56 Å². The van der Waals surface area contributed by atoms with E-state index in [9.17, 15) is 4.79 Å². The summed E-state index contributed by atoms with van der Waals surface area (Å²) in [7, 11) is 1.65. The van der Waals surface area contributed by atoms with Gasteiger partial charge in [0.1, 0.15) is 5.75 Å². The number of ether oxygens (including phenoxy) is 1. The Morgan fingerprint density at radius 1 is 1.15 bits per heavy atom. The number of hydrogen-bond donors (Lipinski definition) is 1. The van der Waals surface area contributed by atoms with Gasteiger partial charge in [0.2, 0.25) is 0 Å². The molecule has 0 aromatic heterocycles. The van der Waals surface area contributed by atoms with Gasteiger partial charge in [-0.15, -0.1) is 11.8 Å². The van der Waals surface area contributed by atoms with Crippen LogP contribution in [0.5, 0.6) is 5.75 Å². The van der Waals surface area contributed by atoms with Crippen molar-refractivity contribution in [1.82, 2.24) is 0 Å². The highest BCUT2D eigenvalue weighted by molar-refractivity contribution is 7.99. The van der Waals surface area contributed by atoms with Crippen molar-refractivity contribution in [3.05, 3.63) is 59.7 Å². The predicted octanol–water partition coefficient (Wildman–Crippen LogP) is 3.73. The van der Waals surface area contributed by atoms with Crippen molar-refractivity contribution in [3.63, 3.8) is 0 Å². The van der Waals surface area contributed by atoms with E-state index in [1.807, 2.05) is 36.4 Å². The molecule has 3 nitrogen and oxygen atoms in total. The molecule has 0 fully saturated rings. The number of carboxylic acid groups (broad SMARTS) is 1. The molecule has 0 bridgehead atoms.